The SMILES string of the molecule is C[C@H](c1ccc(Cl)cn1)n1c(N2CC[C@@H](F)[C@H](N)C2)nc2cc(F)c(F)cc21.Cl. The third-order valence-corrected chi connectivity index (χ3v) is 5.36. The van der Waals surface area contributed by atoms with Crippen molar-refractivity contribution >= 4 is 41.0 Å². The molecule has 0 radical (unpaired) electrons. The van der Waals surface area contributed by atoms with Crippen molar-refractivity contribution in [2.24, 2.45) is 5.73 Å². The molecule has 0 spiro atoms. The van der Waals surface area contributed by atoms with Gasteiger partial charge in [0.15, 0.2) is 11.6 Å². The number of halogens is 5. The maximum Gasteiger partial charge on any atom is 0.207 e. The van der Waals surface area contributed by atoms with Crippen LogP contribution in [0.15, 0.2) is 30.5 Å². The molecule has 2 aromatic heterocycles. The van der Waals surface area contributed by atoms with Gasteiger partial charge in [-0.25, -0.2) is 18.2 Å². The van der Waals surface area contributed by atoms with Crippen molar-refractivity contribution in [1.29, 1.82) is 0 Å². The molecule has 0 bridgehead atoms. The smallest absolute Gasteiger partial charge is 0.207 e. The summed E-state index contributed by atoms with van der Waals surface area (Å²) in [5.41, 5.74) is 7.32. The van der Waals surface area contributed by atoms with Crippen LogP contribution in [0, 0.1) is 11.6 Å². The first-order valence-electron chi connectivity index (χ1n) is 8.98. The summed E-state index contributed by atoms with van der Waals surface area (Å²) in [4.78, 5) is 10.7. The van der Waals surface area contributed by atoms with E-state index >= 15 is 0 Å². The molecule has 1 aromatic carbocycles. The number of hydrogen-bond donors (Lipinski definition) is 1. The molecule has 1 aliphatic heterocycles. The Labute approximate surface area is 177 Å². The molecule has 0 amide bonds. The van der Waals surface area contributed by atoms with E-state index in [2.05, 4.69) is 9.97 Å². The number of pyridine rings is 1. The Morgan fingerprint density at radius 1 is 1.24 bits per heavy atom. The maximum atomic E-state index is 14.0. The molecule has 1 saturated heterocycles. The number of benzene rings is 1. The van der Waals surface area contributed by atoms with Crippen molar-refractivity contribution in [3.05, 3.63) is 52.8 Å². The van der Waals surface area contributed by atoms with Gasteiger partial charge in [0.25, 0.3) is 0 Å². The molecule has 3 atom stereocenters. The quantitative estimate of drug-likeness (QED) is 0.653. The first kappa shape index (κ1) is 21.7. The van der Waals surface area contributed by atoms with Gasteiger partial charge in [0.2, 0.25) is 5.95 Å². The molecular weight excluding hydrogens is 426 g/mol. The molecule has 2 N–H and O–H groups in total. The second-order valence-electron chi connectivity index (χ2n) is 7.03. The molecule has 10 heteroatoms. The number of imidazole rings is 1. The number of nitrogens with zero attached hydrogens (tertiary/aromatic N) is 4. The lowest BCUT2D eigenvalue weighted by atomic mass is 10.1. The summed E-state index contributed by atoms with van der Waals surface area (Å²) in [5.74, 6) is -1.46. The van der Waals surface area contributed by atoms with Gasteiger partial charge in [-0.1, -0.05) is 11.6 Å². The Balaban J connectivity index is 0.00000240. The van der Waals surface area contributed by atoms with Crippen molar-refractivity contribution < 1.29 is 13.2 Å². The summed E-state index contributed by atoms with van der Waals surface area (Å²) < 4.78 is 43.4. The first-order valence-corrected chi connectivity index (χ1v) is 9.36. The van der Waals surface area contributed by atoms with Crippen molar-refractivity contribution in [3.63, 3.8) is 0 Å². The van der Waals surface area contributed by atoms with E-state index in [9.17, 15) is 13.2 Å². The van der Waals surface area contributed by atoms with Gasteiger partial charge in [0.1, 0.15) is 6.17 Å². The molecule has 1 aliphatic rings. The van der Waals surface area contributed by atoms with Crippen LogP contribution in [0.4, 0.5) is 19.1 Å². The monoisotopic (exact) mass is 445 g/mol. The highest BCUT2D eigenvalue weighted by Gasteiger charge is 2.31. The zero-order chi connectivity index (χ0) is 20.0. The first-order chi connectivity index (χ1) is 13.3. The van der Waals surface area contributed by atoms with Gasteiger partial charge >= 0.3 is 0 Å². The van der Waals surface area contributed by atoms with E-state index in [1.165, 1.54) is 6.20 Å². The van der Waals surface area contributed by atoms with Gasteiger partial charge in [-0.05, 0) is 25.5 Å². The van der Waals surface area contributed by atoms with Crippen LogP contribution < -0.4 is 10.6 Å². The van der Waals surface area contributed by atoms with E-state index in [0.29, 0.717) is 34.2 Å². The van der Waals surface area contributed by atoms with Gasteiger partial charge in [-0.2, -0.15) is 0 Å². The third kappa shape index (κ3) is 4.01. The summed E-state index contributed by atoms with van der Waals surface area (Å²) in [6.07, 6.45) is 0.705. The molecule has 1 fully saturated rings. The predicted octanol–water partition coefficient (Wildman–Crippen LogP) is 4.27. The lowest BCUT2D eigenvalue weighted by molar-refractivity contribution is 0.243. The molecule has 0 saturated carbocycles. The van der Waals surface area contributed by atoms with Gasteiger partial charge < -0.3 is 15.2 Å². The van der Waals surface area contributed by atoms with Crippen LogP contribution in [0.2, 0.25) is 5.02 Å². The van der Waals surface area contributed by atoms with E-state index in [1.807, 2.05) is 11.8 Å². The molecule has 156 valence electrons. The maximum absolute atomic E-state index is 14.0. The summed E-state index contributed by atoms with van der Waals surface area (Å²) in [6, 6.07) is 4.66. The molecular formula is C19H20Cl2F3N5. The summed E-state index contributed by atoms with van der Waals surface area (Å²) in [7, 11) is 0. The number of fused-ring (bicyclic) bond motifs is 1. The van der Waals surface area contributed by atoms with Gasteiger partial charge in [0, 0.05) is 31.4 Å². The highest BCUT2D eigenvalue weighted by Crippen LogP contribution is 2.32. The fraction of sp³-hybridized carbons (Fsp3) is 0.368. The molecule has 5 nitrogen and oxygen atoms in total. The van der Waals surface area contributed by atoms with Crippen molar-refractivity contribution in [2.45, 2.75) is 31.6 Å². The molecule has 4 rings (SSSR count). The number of rotatable bonds is 3. The van der Waals surface area contributed by atoms with Crippen LogP contribution in [0.5, 0.6) is 0 Å². The topological polar surface area (TPSA) is 60.0 Å². The van der Waals surface area contributed by atoms with Crippen molar-refractivity contribution in [3.8, 4) is 0 Å². The average molecular weight is 446 g/mol. The minimum Gasteiger partial charge on any atom is -0.340 e. The third-order valence-electron chi connectivity index (χ3n) is 5.13. The normalized spacial score (nSPS) is 20.6. The summed E-state index contributed by atoms with van der Waals surface area (Å²) in [6.45, 7) is 2.55. The average Bonchev–Trinajstić information content (AvgIpc) is 3.02. The number of alkyl halides is 1. The highest BCUT2D eigenvalue weighted by molar-refractivity contribution is 6.30. The van der Waals surface area contributed by atoms with E-state index in [1.54, 1.807) is 16.7 Å². The Bertz CT molecular complexity index is 1010. The second-order valence-corrected chi connectivity index (χ2v) is 7.47. The largest absolute Gasteiger partial charge is 0.340 e. The molecule has 0 unspecified atom stereocenters. The molecule has 3 heterocycles. The number of nitrogens with two attached hydrogens (primary N) is 1. The van der Waals surface area contributed by atoms with Crippen LogP contribution in [-0.2, 0) is 0 Å². The van der Waals surface area contributed by atoms with E-state index < -0.39 is 23.8 Å². The number of piperidine rings is 1. The predicted molar refractivity (Wildman–Crippen MR) is 110 cm³/mol. The summed E-state index contributed by atoms with van der Waals surface area (Å²) in [5, 5.41) is 0.496. The van der Waals surface area contributed by atoms with Crippen LogP contribution >= 0.6 is 24.0 Å². The lowest BCUT2D eigenvalue weighted by Crippen LogP contribution is -2.50. The van der Waals surface area contributed by atoms with E-state index in [0.717, 1.165) is 12.1 Å². The summed E-state index contributed by atoms with van der Waals surface area (Å²) >= 11 is 5.93. The Kier molecular flexibility index (Phi) is 6.26. The van der Waals surface area contributed by atoms with Gasteiger partial charge in [0.05, 0.1) is 33.8 Å². The van der Waals surface area contributed by atoms with Crippen LogP contribution in [0.25, 0.3) is 11.0 Å². The standard InChI is InChI=1S/C19H19ClF3N5.ClH/c1-10(16-3-2-11(20)8-25-16)28-18-7-14(23)13(22)6-17(18)26-19(28)27-5-4-12(21)15(24)9-27;/h2-3,6-8,10,12,15H,4-5,9,24H2,1H3;1H/t10-,12-,15-;/m1./s1. The minimum atomic E-state index is -1.08. The van der Waals surface area contributed by atoms with Crippen molar-refractivity contribution in [1.82, 2.24) is 14.5 Å². The van der Waals surface area contributed by atoms with E-state index in [-0.39, 0.29) is 31.4 Å². The number of anilines is 1. The lowest BCUT2D eigenvalue weighted by Gasteiger charge is -2.34. The minimum absolute atomic E-state index is 0. The number of hydrogen-bond acceptors (Lipinski definition) is 4. The fourth-order valence-corrected chi connectivity index (χ4v) is 3.70. The Morgan fingerprint density at radius 2 is 1.97 bits per heavy atom. The van der Waals surface area contributed by atoms with Crippen LogP contribution in [0.1, 0.15) is 25.1 Å². The second kappa shape index (κ2) is 8.38. The number of aromatic nitrogens is 3. The Morgan fingerprint density at radius 3 is 2.62 bits per heavy atom. The fourth-order valence-electron chi connectivity index (χ4n) is 3.58. The zero-order valence-corrected chi connectivity index (χ0v) is 17.1. The Hall–Kier alpha value is -2.03. The van der Waals surface area contributed by atoms with Crippen LogP contribution in [-0.4, -0.2) is 39.8 Å². The molecule has 3 aromatic rings. The molecule has 0 aliphatic carbocycles. The van der Waals surface area contributed by atoms with Gasteiger partial charge in [-0.3, -0.25) is 4.98 Å². The van der Waals surface area contributed by atoms with Crippen molar-refractivity contribution in [2.75, 3.05) is 18.0 Å². The van der Waals surface area contributed by atoms with Gasteiger partial charge in [-0.15, -0.1) is 12.4 Å². The molecule has 29 heavy (non-hydrogen) atoms. The highest BCUT2D eigenvalue weighted by atomic mass is 35.5. The zero-order valence-electron chi connectivity index (χ0n) is 15.5. The van der Waals surface area contributed by atoms with Crippen LogP contribution in [0.3, 0.4) is 0 Å². The van der Waals surface area contributed by atoms with E-state index in [4.69, 9.17) is 17.3 Å².